The molecule has 0 spiro atoms. The normalized spacial score (nSPS) is 23.2. The molecule has 4 nitrogen and oxygen atoms in total. The summed E-state index contributed by atoms with van der Waals surface area (Å²) in [6.07, 6.45) is 3.39. The first kappa shape index (κ1) is 17.3. The SMILES string of the molecule is CCOc1ccc2c(c1)[C@H](C)CC(C)(C)N2C(=O)CN1CCCC1. The molecule has 1 aromatic carbocycles. The molecule has 2 aliphatic rings. The molecule has 0 saturated carbocycles. The van der Waals surface area contributed by atoms with Gasteiger partial charge in [0, 0.05) is 11.2 Å². The standard InChI is InChI=1S/C20H30N2O2/c1-5-24-16-8-9-18-17(12-16)15(2)13-20(3,4)22(18)19(23)14-21-10-6-7-11-21/h8-9,12,15H,5-7,10-11,13-14H2,1-4H3/t15-/m1/s1. The molecule has 0 radical (unpaired) electrons. The maximum atomic E-state index is 13.1. The summed E-state index contributed by atoms with van der Waals surface area (Å²) >= 11 is 0. The molecule has 1 saturated heterocycles. The topological polar surface area (TPSA) is 32.8 Å². The molecular formula is C20H30N2O2. The van der Waals surface area contributed by atoms with Gasteiger partial charge in [0.05, 0.1) is 13.2 Å². The molecule has 1 aromatic rings. The predicted molar refractivity (Wildman–Crippen MR) is 97.9 cm³/mol. The van der Waals surface area contributed by atoms with E-state index in [4.69, 9.17) is 4.74 Å². The molecule has 132 valence electrons. The molecule has 3 rings (SSSR count). The van der Waals surface area contributed by atoms with Gasteiger partial charge in [-0.25, -0.2) is 0 Å². The van der Waals surface area contributed by atoms with Gasteiger partial charge in [-0.3, -0.25) is 9.69 Å². The Kier molecular flexibility index (Phi) is 4.86. The van der Waals surface area contributed by atoms with Crippen molar-refractivity contribution in [3.63, 3.8) is 0 Å². The van der Waals surface area contributed by atoms with E-state index in [0.29, 0.717) is 19.1 Å². The van der Waals surface area contributed by atoms with Crippen molar-refractivity contribution in [1.82, 2.24) is 4.90 Å². The highest BCUT2D eigenvalue weighted by Crippen LogP contribution is 2.44. The van der Waals surface area contributed by atoms with Crippen molar-refractivity contribution in [2.24, 2.45) is 0 Å². The smallest absolute Gasteiger partial charge is 0.241 e. The van der Waals surface area contributed by atoms with Gasteiger partial charge in [-0.15, -0.1) is 0 Å². The minimum Gasteiger partial charge on any atom is -0.494 e. The molecule has 0 N–H and O–H groups in total. The molecule has 2 aliphatic heterocycles. The molecular weight excluding hydrogens is 300 g/mol. The zero-order valence-corrected chi connectivity index (χ0v) is 15.5. The van der Waals surface area contributed by atoms with Crippen molar-refractivity contribution in [3.8, 4) is 5.75 Å². The van der Waals surface area contributed by atoms with Crippen molar-refractivity contribution in [3.05, 3.63) is 23.8 Å². The monoisotopic (exact) mass is 330 g/mol. The molecule has 2 heterocycles. The van der Waals surface area contributed by atoms with E-state index in [2.05, 4.69) is 37.8 Å². The van der Waals surface area contributed by atoms with Crippen LogP contribution >= 0.6 is 0 Å². The Morgan fingerprint density at radius 2 is 2.00 bits per heavy atom. The zero-order valence-electron chi connectivity index (χ0n) is 15.5. The van der Waals surface area contributed by atoms with Gasteiger partial charge in [0.25, 0.3) is 0 Å². The lowest BCUT2D eigenvalue weighted by molar-refractivity contribution is -0.120. The Morgan fingerprint density at radius 3 is 2.67 bits per heavy atom. The van der Waals surface area contributed by atoms with E-state index in [1.54, 1.807) is 0 Å². The van der Waals surface area contributed by atoms with Crippen LogP contribution in [0.4, 0.5) is 5.69 Å². The first-order valence-electron chi connectivity index (χ1n) is 9.24. The Hall–Kier alpha value is -1.55. The number of carbonyl (C=O) groups excluding carboxylic acids is 1. The third-order valence-electron chi connectivity index (χ3n) is 5.30. The number of rotatable bonds is 4. The Bertz CT molecular complexity index is 606. The van der Waals surface area contributed by atoms with Crippen molar-refractivity contribution in [2.75, 3.05) is 31.1 Å². The Labute approximate surface area is 145 Å². The number of hydrogen-bond acceptors (Lipinski definition) is 3. The molecule has 1 amide bonds. The number of ether oxygens (including phenoxy) is 1. The van der Waals surface area contributed by atoms with Crippen LogP contribution in [0.5, 0.6) is 5.75 Å². The van der Waals surface area contributed by atoms with Crippen LogP contribution in [-0.2, 0) is 4.79 Å². The second-order valence-electron chi connectivity index (χ2n) is 7.78. The van der Waals surface area contributed by atoms with Crippen molar-refractivity contribution >= 4 is 11.6 Å². The highest BCUT2D eigenvalue weighted by atomic mass is 16.5. The lowest BCUT2D eigenvalue weighted by atomic mass is 9.80. The lowest BCUT2D eigenvalue weighted by Gasteiger charge is -2.46. The maximum Gasteiger partial charge on any atom is 0.241 e. The summed E-state index contributed by atoms with van der Waals surface area (Å²) in [5.41, 5.74) is 2.14. The van der Waals surface area contributed by atoms with E-state index in [-0.39, 0.29) is 11.4 Å². The van der Waals surface area contributed by atoms with E-state index >= 15 is 0 Å². The number of anilines is 1. The van der Waals surface area contributed by atoms with Gasteiger partial charge in [-0.1, -0.05) is 6.92 Å². The second kappa shape index (κ2) is 6.75. The molecule has 0 aromatic heterocycles. The van der Waals surface area contributed by atoms with Crippen LogP contribution in [0.15, 0.2) is 18.2 Å². The summed E-state index contributed by atoms with van der Waals surface area (Å²) in [6, 6.07) is 6.18. The van der Waals surface area contributed by atoms with E-state index in [0.717, 1.165) is 30.9 Å². The summed E-state index contributed by atoms with van der Waals surface area (Å²) in [6.45, 7) is 11.9. The summed E-state index contributed by atoms with van der Waals surface area (Å²) in [5, 5.41) is 0. The van der Waals surface area contributed by atoms with Gasteiger partial charge in [0.15, 0.2) is 0 Å². The first-order chi connectivity index (χ1) is 11.4. The highest BCUT2D eigenvalue weighted by Gasteiger charge is 2.40. The van der Waals surface area contributed by atoms with Crippen LogP contribution < -0.4 is 9.64 Å². The number of nitrogens with zero attached hydrogens (tertiary/aromatic N) is 2. The van der Waals surface area contributed by atoms with Crippen molar-refractivity contribution in [2.45, 2.75) is 58.4 Å². The zero-order chi connectivity index (χ0) is 17.3. The highest BCUT2D eigenvalue weighted by molar-refractivity contribution is 5.97. The van der Waals surface area contributed by atoms with Crippen LogP contribution in [0, 0.1) is 0 Å². The fourth-order valence-electron chi connectivity index (χ4n) is 4.34. The van der Waals surface area contributed by atoms with E-state index in [1.807, 2.05) is 17.9 Å². The summed E-state index contributed by atoms with van der Waals surface area (Å²) in [7, 11) is 0. The number of likely N-dealkylation sites (tertiary alicyclic amines) is 1. The third kappa shape index (κ3) is 3.30. The minimum atomic E-state index is -0.156. The fraction of sp³-hybridized carbons (Fsp3) is 0.650. The van der Waals surface area contributed by atoms with Gasteiger partial charge in [0.1, 0.15) is 5.75 Å². The number of benzene rings is 1. The molecule has 24 heavy (non-hydrogen) atoms. The third-order valence-corrected chi connectivity index (χ3v) is 5.30. The van der Waals surface area contributed by atoms with Crippen LogP contribution in [0.1, 0.15) is 58.4 Å². The van der Waals surface area contributed by atoms with Gasteiger partial charge in [-0.2, -0.15) is 0 Å². The number of hydrogen-bond donors (Lipinski definition) is 0. The van der Waals surface area contributed by atoms with Gasteiger partial charge >= 0.3 is 0 Å². The molecule has 1 atom stereocenters. The van der Waals surface area contributed by atoms with Crippen LogP contribution in [0.2, 0.25) is 0 Å². The summed E-state index contributed by atoms with van der Waals surface area (Å²) in [4.78, 5) is 17.4. The maximum absolute atomic E-state index is 13.1. The number of amides is 1. The average Bonchev–Trinajstić information content (AvgIpc) is 3.00. The number of carbonyl (C=O) groups is 1. The van der Waals surface area contributed by atoms with Crippen LogP contribution in [0.25, 0.3) is 0 Å². The lowest BCUT2D eigenvalue weighted by Crippen LogP contribution is -2.54. The van der Waals surface area contributed by atoms with E-state index in [9.17, 15) is 4.79 Å². The molecule has 4 heteroatoms. The van der Waals surface area contributed by atoms with Crippen LogP contribution in [-0.4, -0.2) is 42.6 Å². The molecule has 1 fully saturated rings. The molecule has 0 unspecified atom stereocenters. The summed E-state index contributed by atoms with van der Waals surface area (Å²) < 4.78 is 5.66. The van der Waals surface area contributed by atoms with Gasteiger partial charge in [-0.05, 0) is 82.8 Å². The first-order valence-corrected chi connectivity index (χ1v) is 9.24. The van der Waals surface area contributed by atoms with Gasteiger partial charge in [0.2, 0.25) is 5.91 Å². The van der Waals surface area contributed by atoms with E-state index < -0.39 is 0 Å². The average molecular weight is 330 g/mol. The summed E-state index contributed by atoms with van der Waals surface area (Å²) in [5.74, 6) is 1.54. The Balaban J connectivity index is 1.92. The minimum absolute atomic E-state index is 0.156. The largest absolute Gasteiger partial charge is 0.494 e. The quantitative estimate of drug-likeness (QED) is 0.842. The van der Waals surface area contributed by atoms with Crippen LogP contribution in [0.3, 0.4) is 0 Å². The second-order valence-corrected chi connectivity index (χ2v) is 7.78. The number of fused-ring (bicyclic) bond motifs is 1. The Morgan fingerprint density at radius 1 is 1.29 bits per heavy atom. The predicted octanol–water partition coefficient (Wildman–Crippen LogP) is 3.80. The van der Waals surface area contributed by atoms with Crippen molar-refractivity contribution in [1.29, 1.82) is 0 Å². The van der Waals surface area contributed by atoms with Gasteiger partial charge < -0.3 is 9.64 Å². The fourth-order valence-corrected chi connectivity index (χ4v) is 4.34. The molecule has 0 aliphatic carbocycles. The van der Waals surface area contributed by atoms with Crippen molar-refractivity contribution < 1.29 is 9.53 Å². The van der Waals surface area contributed by atoms with E-state index in [1.165, 1.54) is 18.4 Å². The molecule has 0 bridgehead atoms.